The summed E-state index contributed by atoms with van der Waals surface area (Å²) in [6, 6.07) is 18.1. The number of rotatable bonds is 3. The number of thioether (sulfide) groups is 1. The predicted octanol–water partition coefficient (Wildman–Crippen LogP) is 3.88. The SMILES string of the molecule is CN1CCN(c2ccc(N=C3NC(=O)C(=Cc4ccc5ncccc5c4)S3)cc2)CC1. The van der Waals surface area contributed by atoms with E-state index in [0.29, 0.717) is 10.1 Å². The molecule has 0 aliphatic carbocycles. The molecule has 5 rings (SSSR count). The summed E-state index contributed by atoms with van der Waals surface area (Å²) in [6.45, 7) is 4.23. The highest BCUT2D eigenvalue weighted by atomic mass is 32.2. The minimum atomic E-state index is -0.121. The molecule has 2 fully saturated rings. The van der Waals surface area contributed by atoms with Gasteiger partial charge in [0.25, 0.3) is 5.91 Å². The van der Waals surface area contributed by atoms with Crippen molar-refractivity contribution in [3.8, 4) is 0 Å². The fourth-order valence-corrected chi connectivity index (χ4v) is 4.58. The van der Waals surface area contributed by atoms with Gasteiger partial charge >= 0.3 is 0 Å². The summed E-state index contributed by atoms with van der Waals surface area (Å²) >= 11 is 1.37. The van der Waals surface area contributed by atoms with E-state index in [1.165, 1.54) is 17.4 Å². The summed E-state index contributed by atoms with van der Waals surface area (Å²) in [7, 11) is 2.16. The van der Waals surface area contributed by atoms with E-state index in [2.05, 4.69) is 44.3 Å². The lowest BCUT2D eigenvalue weighted by Crippen LogP contribution is -2.44. The molecule has 1 N–H and O–H groups in total. The number of carbonyl (C=O) groups is 1. The number of amides is 1. The maximum Gasteiger partial charge on any atom is 0.264 e. The topological polar surface area (TPSA) is 60.8 Å². The summed E-state index contributed by atoms with van der Waals surface area (Å²) < 4.78 is 0. The summed E-state index contributed by atoms with van der Waals surface area (Å²) in [5.74, 6) is -0.121. The number of carbonyl (C=O) groups excluding carboxylic acids is 1. The van der Waals surface area contributed by atoms with Crippen LogP contribution in [0.5, 0.6) is 0 Å². The molecule has 1 aromatic heterocycles. The largest absolute Gasteiger partial charge is 0.369 e. The number of likely N-dealkylation sites (N-methyl/N-ethyl adjacent to an activating group) is 1. The Morgan fingerprint density at radius 2 is 1.87 bits per heavy atom. The third-order valence-corrected chi connectivity index (χ3v) is 6.43. The van der Waals surface area contributed by atoms with E-state index >= 15 is 0 Å². The van der Waals surface area contributed by atoms with E-state index in [1.54, 1.807) is 6.20 Å². The molecule has 2 saturated heterocycles. The number of nitrogens with one attached hydrogen (secondary N) is 1. The third kappa shape index (κ3) is 4.47. The number of hydrogen-bond donors (Lipinski definition) is 1. The van der Waals surface area contributed by atoms with Crippen molar-refractivity contribution in [3.63, 3.8) is 0 Å². The molecule has 2 aromatic carbocycles. The minimum absolute atomic E-state index is 0.121. The van der Waals surface area contributed by atoms with E-state index in [1.807, 2.05) is 48.5 Å². The van der Waals surface area contributed by atoms with Gasteiger partial charge in [-0.2, -0.15) is 0 Å². The first-order valence-electron chi connectivity index (χ1n) is 10.3. The number of fused-ring (bicyclic) bond motifs is 1. The van der Waals surface area contributed by atoms with Crippen molar-refractivity contribution in [2.45, 2.75) is 0 Å². The average molecular weight is 430 g/mol. The Labute approximate surface area is 185 Å². The molecule has 0 spiro atoms. The van der Waals surface area contributed by atoms with Crippen LogP contribution in [-0.2, 0) is 4.79 Å². The molecule has 0 unspecified atom stereocenters. The number of aromatic nitrogens is 1. The Morgan fingerprint density at radius 1 is 1.06 bits per heavy atom. The molecule has 31 heavy (non-hydrogen) atoms. The van der Waals surface area contributed by atoms with Gasteiger partial charge in [0, 0.05) is 43.4 Å². The van der Waals surface area contributed by atoms with Crippen molar-refractivity contribution in [3.05, 3.63) is 71.3 Å². The van der Waals surface area contributed by atoms with Crippen LogP contribution in [0.3, 0.4) is 0 Å². The number of nitrogens with zero attached hydrogens (tertiary/aromatic N) is 4. The smallest absolute Gasteiger partial charge is 0.264 e. The highest BCUT2D eigenvalue weighted by Crippen LogP contribution is 2.29. The van der Waals surface area contributed by atoms with Gasteiger partial charge in [0.05, 0.1) is 16.1 Å². The average Bonchev–Trinajstić information content (AvgIpc) is 3.13. The van der Waals surface area contributed by atoms with Gasteiger partial charge in [-0.25, -0.2) is 4.99 Å². The molecule has 0 radical (unpaired) electrons. The molecule has 2 aliphatic rings. The fraction of sp³-hybridized carbons (Fsp3) is 0.208. The van der Waals surface area contributed by atoms with Crippen molar-refractivity contribution >= 4 is 51.2 Å². The Hall–Kier alpha value is -3.16. The van der Waals surface area contributed by atoms with Gasteiger partial charge < -0.3 is 15.1 Å². The number of benzene rings is 2. The van der Waals surface area contributed by atoms with Crippen LogP contribution in [0.25, 0.3) is 17.0 Å². The number of pyridine rings is 1. The Morgan fingerprint density at radius 3 is 2.68 bits per heavy atom. The number of anilines is 1. The number of aliphatic imine (C=N–C) groups is 1. The summed E-state index contributed by atoms with van der Waals surface area (Å²) in [5, 5.41) is 4.52. The first-order valence-corrected chi connectivity index (χ1v) is 11.1. The quantitative estimate of drug-likeness (QED) is 0.641. The molecule has 156 valence electrons. The van der Waals surface area contributed by atoms with E-state index in [9.17, 15) is 4.79 Å². The van der Waals surface area contributed by atoms with Crippen LogP contribution >= 0.6 is 11.8 Å². The molecule has 2 aliphatic heterocycles. The van der Waals surface area contributed by atoms with Gasteiger partial charge in [0.2, 0.25) is 0 Å². The maximum atomic E-state index is 12.4. The Balaban J connectivity index is 1.30. The van der Waals surface area contributed by atoms with Gasteiger partial charge in [-0.3, -0.25) is 9.78 Å². The standard InChI is InChI=1S/C24H23N5OS/c1-28-11-13-29(14-12-28)20-7-5-19(6-8-20)26-24-27-23(30)22(31-24)16-17-4-9-21-18(15-17)3-2-10-25-21/h2-10,15-16H,11-14H2,1H3,(H,26,27,30). The number of hydrogen-bond acceptors (Lipinski definition) is 6. The summed E-state index contributed by atoms with van der Waals surface area (Å²) in [5.41, 5.74) is 3.96. The zero-order valence-electron chi connectivity index (χ0n) is 17.3. The van der Waals surface area contributed by atoms with Crippen molar-refractivity contribution in [1.29, 1.82) is 0 Å². The molecule has 7 heteroatoms. The minimum Gasteiger partial charge on any atom is -0.369 e. The van der Waals surface area contributed by atoms with Gasteiger partial charge in [-0.05, 0) is 72.9 Å². The maximum absolute atomic E-state index is 12.4. The van der Waals surface area contributed by atoms with Crippen LogP contribution in [0.15, 0.2) is 70.7 Å². The normalized spacial score (nSPS) is 20.0. The Kier molecular flexibility index (Phi) is 5.44. The molecule has 6 nitrogen and oxygen atoms in total. The first kappa shape index (κ1) is 19.8. The predicted molar refractivity (Wildman–Crippen MR) is 129 cm³/mol. The van der Waals surface area contributed by atoms with Crippen LogP contribution in [0.4, 0.5) is 11.4 Å². The third-order valence-electron chi connectivity index (χ3n) is 5.52. The van der Waals surface area contributed by atoms with Gasteiger partial charge in [0.1, 0.15) is 0 Å². The van der Waals surface area contributed by atoms with Gasteiger partial charge in [-0.15, -0.1) is 0 Å². The van der Waals surface area contributed by atoms with Gasteiger partial charge in [0.15, 0.2) is 5.17 Å². The monoisotopic (exact) mass is 429 g/mol. The molecule has 1 amide bonds. The van der Waals surface area contributed by atoms with Crippen molar-refractivity contribution < 1.29 is 4.79 Å². The molecule has 0 atom stereocenters. The highest BCUT2D eigenvalue weighted by molar-refractivity contribution is 8.18. The zero-order chi connectivity index (χ0) is 21.2. The van der Waals surface area contributed by atoms with Crippen molar-refractivity contribution in [1.82, 2.24) is 15.2 Å². The highest BCUT2D eigenvalue weighted by Gasteiger charge is 2.24. The lowest BCUT2D eigenvalue weighted by Gasteiger charge is -2.34. The van der Waals surface area contributed by atoms with Gasteiger partial charge in [-0.1, -0.05) is 12.1 Å². The second-order valence-corrected chi connectivity index (χ2v) is 8.77. The molecule has 3 aromatic rings. The lowest BCUT2D eigenvalue weighted by molar-refractivity contribution is -0.115. The molecular weight excluding hydrogens is 406 g/mol. The second kappa shape index (κ2) is 8.53. The van der Waals surface area contributed by atoms with Crippen LogP contribution in [0, 0.1) is 0 Å². The molecular formula is C24H23N5OS. The van der Waals surface area contributed by atoms with E-state index in [-0.39, 0.29) is 5.91 Å². The van der Waals surface area contributed by atoms with E-state index in [4.69, 9.17) is 0 Å². The van der Waals surface area contributed by atoms with E-state index in [0.717, 1.165) is 48.3 Å². The van der Waals surface area contributed by atoms with Crippen molar-refractivity contribution in [2.24, 2.45) is 4.99 Å². The number of amidine groups is 1. The molecule has 0 bridgehead atoms. The second-order valence-electron chi connectivity index (χ2n) is 7.74. The van der Waals surface area contributed by atoms with Crippen LogP contribution in [0.1, 0.15) is 5.56 Å². The zero-order valence-corrected chi connectivity index (χ0v) is 18.1. The molecule has 0 saturated carbocycles. The Bertz CT molecular complexity index is 1180. The van der Waals surface area contributed by atoms with Crippen molar-refractivity contribution in [2.75, 3.05) is 38.1 Å². The van der Waals surface area contributed by atoms with E-state index < -0.39 is 0 Å². The molecule has 3 heterocycles. The van der Waals surface area contributed by atoms with Crippen LogP contribution in [0.2, 0.25) is 0 Å². The number of piperazine rings is 1. The van der Waals surface area contributed by atoms with Crippen LogP contribution in [-0.4, -0.2) is 54.2 Å². The fourth-order valence-electron chi connectivity index (χ4n) is 3.74. The summed E-state index contributed by atoms with van der Waals surface area (Å²) in [4.78, 5) is 26.8. The van der Waals surface area contributed by atoms with Crippen LogP contribution < -0.4 is 10.2 Å². The lowest BCUT2D eigenvalue weighted by atomic mass is 10.1. The summed E-state index contributed by atoms with van der Waals surface area (Å²) in [6.07, 6.45) is 3.67. The first-order chi connectivity index (χ1) is 15.1.